The van der Waals surface area contributed by atoms with E-state index in [1.54, 1.807) is 24.3 Å². The normalized spacial score (nSPS) is 9.61. The second-order valence-corrected chi connectivity index (χ2v) is 5.71. The molecule has 0 radical (unpaired) electrons. The first kappa shape index (κ1) is 20.9. The maximum absolute atomic E-state index is 11.8. The molecule has 0 aliphatic carbocycles. The predicted molar refractivity (Wildman–Crippen MR) is 110 cm³/mol. The van der Waals surface area contributed by atoms with Gasteiger partial charge in [-0.2, -0.15) is 0 Å². The molecule has 5 heteroatoms. The van der Waals surface area contributed by atoms with Crippen LogP contribution in [0.15, 0.2) is 61.2 Å². The van der Waals surface area contributed by atoms with Crippen LogP contribution in [0.25, 0.3) is 0 Å². The highest BCUT2D eigenvalue weighted by molar-refractivity contribution is 5.77. The van der Waals surface area contributed by atoms with Crippen LogP contribution in [0.3, 0.4) is 0 Å². The molecule has 0 aliphatic heterocycles. The second-order valence-electron chi connectivity index (χ2n) is 5.71. The molecule has 0 saturated heterocycles. The molecule has 0 unspecified atom stereocenters. The highest BCUT2D eigenvalue weighted by Gasteiger charge is 2.02. The lowest BCUT2D eigenvalue weighted by Crippen LogP contribution is -2.29. The van der Waals surface area contributed by atoms with Crippen molar-refractivity contribution >= 4 is 5.91 Å². The Morgan fingerprint density at radius 3 is 2.46 bits per heavy atom. The number of hydrogen-bond donors (Lipinski definition) is 1. The average Bonchev–Trinajstić information content (AvgIpc) is 2.71. The van der Waals surface area contributed by atoms with Gasteiger partial charge in [0.15, 0.2) is 6.61 Å². The lowest BCUT2D eigenvalue weighted by Gasteiger charge is -2.07. The number of amides is 1. The van der Waals surface area contributed by atoms with E-state index in [-0.39, 0.29) is 25.7 Å². The van der Waals surface area contributed by atoms with Crippen molar-refractivity contribution in [2.75, 3.05) is 26.4 Å². The summed E-state index contributed by atoms with van der Waals surface area (Å²) in [6, 6.07) is 14.9. The van der Waals surface area contributed by atoms with Crippen molar-refractivity contribution in [2.45, 2.75) is 13.3 Å². The molecular weight excluding hydrogens is 354 g/mol. The smallest absolute Gasteiger partial charge is 0.258 e. The molecule has 2 aromatic rings. The van der Waals surface area contributed by atoms with Gasteiger partial charge < -0.3 is 19.5 Å². The first-order chi connectivity index (χ1) is 13.7. The number of ether oxygens (including phenoxy) is 3. The Bertz CT molecular complexity index is 818. The monoisotopic (exact) mass is 379 g/mol. The van der Waals surface area contributed by atoms with Crippen molar-refractivity contribution in [3.63, 3.8) is 0 Å². The molecule has 2 rings (SSSR count). The van der Waals surface area contributed by atoms with Crippen molar-refractivity contribution in [2.24, 2.45) is 0 Å². The van der Waals surface area contributed by atoms with Crippen LogP contribution in [0.5, 0.6) is 17.2 Å². The quantitative estimate of drug-likeness (QED) is 0.508. The Labute approximate surface area is 166 Å². The van der Waals surface area contributed by atoms with Gasteiger partial charge in [0.05, 0.1) is 13.2 Å². The zero-order valence-corrected chi connectivity index (χ0v) is 16.1. The van der Waals surface area contributed by atoms with E-state index < -0.39 is 0 Å². The fourth-order valence-corrected chi connectivity index (χ4v) is 2.34. The molecule has 0 aromatic heterocycles. The summed E-state index contributed by atoms with van der Waals surface area (Å²) in [7, 11) is 0. The van der Waals surface area contributed by atoms with Crippen molar-refractivity contribution < 1.29 is 19.0 Å². The molecule has 0 aliphatic rings. The number of rotatable bonds is 10. The van der Waals surface area contributed by atoms with E-state index >= 15 is 0 Å². The lowest BCUT2D eigenvalue weighted by molar-refractivity contribution is -0.122. The molecule has 1 amide bonds. The number of para-hydroxylation sites is 1. The van der Waals surface area contributed by atoms with Crippen LogP contribution in [0, 0.1) is 11.8 Å². The van der Waals surface area contributed by atoms with Gasteiger partial charge in [-0.3, -0.25) is 4.79 Å². The molecule has 0 bridgehead atoms. The minimum Gasteiger partial charge on any atom is -0.494 e. The largest absolute Gasteiger partial charge is 0.494 e. The van der Waals surface area contributed by atoms with Crippen LogP contribution in [0.1, 0.15) is 12.5 Å². The fraction of sp³-hybridized carbons (Fsp3) is 0.261. The van der Waals surface area contributed by atoms with Gasteiger partial charge in [0.1, 0.15) is 23.9 Å². The topological polar surface area (TPSA) is 56.8 Å². The van der Waals surface area contributed by atoms with E-state index in [4.69, 9.17) is 14.2 Å². The molecule has 28 heavy (non-hydrogen) atoms. The van der Waals surface area contributed by atoms with Crippen molar-refractivity contribution in [3.8, 4) is 29.1 Å². The SMILES string of the molecule is C=CCc1ccccc1OCC#CCNC(=O)COc1ccc(OCC)cc1. The van der Waals surface area contributed by atoms with E-state index in [0.29, 0.717) is 12.4 Å². The van der Waals surface area contributed by atoms with E-state index in [2.05, 4.69) is 23.7 Å². The third-order valence-corrected chi connectivity index (χ3v) is 3.64. The summed E-state index contributed by atoms with van der Waals surface area (Å²) >= 11 is 0. The fourth-order valence-electron chi connectivity index (χ4n) is 2.34. The van der Waals surface area contributed by atoms with Gasteiger partial charge in [-0.1, -0.05) is 36.1 Å². The van der Waals surface area contributed by atoms with Crippen LogP contribution in [-0.4, -0.2) is 32.3 Å². The Morgan fingerprint density at radius 2 is 1.75 bits per heavy atom. The highest BCUT2D eigenvalue weighted by Crippen LogP contribution is 2.18. The molecule has 5 nitrogen and oxygen atoms in total. The highest BCUT2D eigenvalue weighted by atomic mass is 16.5. The minimum absolute atomic E-state index is 0.0684. The average molecular weight is 379 g/mol. The Kier molecular flexibility index (Phi) is 9.02. The molecule has 0 fully saturated rings. The number of carbonyl (C=O) groups excluding carboxylic acids is 1. The van der Waals surface area contributed by atoms with Crippen molar-refractivity contribution in [3.05, 3.63) is 66.7 Å². The number of hydrogen-bond acceptors (Lipinski definition) is 4. The molecule has 0 atom stereocenters. The number of benzene rings is 2. The van der Waals surface area contributed by atoms with E-state index in [0.717, 1.165) is 23.5 Å². The summed E-state index contributed by atoms with van der Waals surface area (Å²) in [6.07, 6.45) is 2.58. The number of carbonyl (C=O) groups is 1. The van der Waals surface area contributed by atoms with Gasteiger partial charge in [0.25, 0.3) is 5.91 Å². The zero-order chi connectivity index (χ0) is 20.0. The van der Waals surface area contributed by atoms with Crippen LogP contribution >= 0.6 is 0 Å². The maximum Gasteiger partial charge on any atom is 0.258 e. The van der Waals surface area contributed by atoms with Gasteiger partial charge in [-0.25, -0.2) is 0 Å². The Hall–Kier alpha value is -3.39. The summed E-state index contributed by atoms with van der Waals surface area (Å²) in [5.41, 5.74) is 1.07. The lowest BCUT2D eigenvalue weighted by atomic mass is 10.1. The summed E-state index contributed by atoms with van der Waals surface area (Å²) in [4.78, 5) is 11.8. The summed E-state index contributed by atoms with van der Waals surface area (Å²) < 4.78 is 16.4. The molecule has 146 valence electrons. The van der Waals surface area contributed by atoms with E-state index in [1.807, 2.05) is 37.3 Å². The second kappa shape index (κ2) is 12.1. The molecular formula is C23H25NO4. The standard InChI is InChI=1S/C23H25NO4/c1-3-9-19-10-5-6-11-22(19)27-17-8-7-16-24-23(25)18-28-21-14-12-20(13-15-21)26-4-2/h3,5-6,10-15H,1,4,9,16-18H2,2H3,(H,24,25). The molecule has 0 spiro atoms. The van der Waals surface area contributed by atoms with Crippen LogP contribution in [0.4, 0.5) is 0 Å². The first-order valence-corrected chi connectivity index (χ1v) is 9.12. The summed E-state index contributed by atoms with van der Waals surface area (Å²) in [5.74, 6) is 7.68. The Balaban J connectivity index is 1.65. The Morgan fingerprint density at radius 1 is 1.04 bits per heavy atom. The van der Waals surface area contributed by atoms with Gasteiger partial charge in [-0.05, 0) is 49.2 Å². The van der Waals surface area contributed by atoms with Crippen LogP contribution in [0.2, 0.25) is 0 Å². The van der Waals surface area contributed by atoms with Crippen molar-refractivity contribution in [1.29, 1.82) is 0 Å². The third kappa shape index (κ3) is 7.46. The molecule has 2 aromatic carbocycles. The number of allylic oxidation sites excluding steroid dienone is 1. The van der Waals surface area contributed by atoms with Crippen molar-refractivity contribution in [1.82, 2.24) is 5.32 Å². The zero-order valence-electron chi connectivity index (χ0n) is 16.1. The minimum atomic E-state index is -0.236. The van der Waals surface area contributed by atoms with Gasteiger partial charge in [-0.15, -0.1) is 6.58 Å². The molecule has 1 N–H and O–H groups in total. The maximum atomic E-state index is 11.8. The van der Waals surface area contributed by atoms with E-state index in [1.165, 1.54) is 0 Å². The van der Waals surface area contributed by atoms with Gasteiger partial charge >= 0.3 is 0 Å². The first-order valence-electron chi connectivity index (χ1n) is 9.12. The molecule has 0 heterocycles. The van der Waals surface area contributed by atoms with Crippen LogP contribution in [-0.2, 0) is 11.2 Å². The van der Waals surface area contributed by atoms with Gasteiger partial charge in [0.2, 0.25) is 0 Å². The van der Waals surface area contributed by atoms with E-state index in [9.17, 15) is 4.79 Å². The predicted octanol–water partition coefficient (Wildman–Crippen LogP) is 3.39. The summed E-state index contributed by atoms with van der Waals surface area (Å²) in [6.45, 7) is 6.70. The number of nitrogens with one attached hydrogen (secondary N) is 1. The summed E-state index contributed by atoms with van der Waals surface area (Å²) in [5, 5.41) is 2.68. The van der Waals surface area contributed by atoms with Crippen LogP contribution < -0.4 is 19.5 Å². The third-order valence-electron chi connectivity index (χ3n) is 3.64. The van der Waals surface area contributed by atoms with Gasteiger partial charge in [0, 0.05) is 0 Å². The molecule has 0 saturated carbocycles.